The molecule has 1 fully saturated rings. The van der Waals surface area contributed by atoms with Crippen molar-refractivity contribution in [2.45, 2.75) is 58.4 Å². The van der Waals surface area contributed by atoms with E-state index in [0.717, 1.165) is 13.8 Å². The van der Waals surface area contributed by atoms with Crippen LogP contribution in [0.1, 0.15) is 27.7 Å². The number of hydrogen-bond acceptors (Lipinski definition) is 11. The molecular formula is C16H24O11. The van der Waals surface area contributed by atoms with Crippen LogP contribution in [0.25, 0.3) is 0 Å². The highest BCUT2D eigenvalue weighted by molar-refractivity contribution is 5.68. The monoisotopic (exact) mass is 392 g/mol. The lowest BCUT2D eigenvalue weighted by molar-refractivity contribution is -0.300. The van der Waals surface area contributed by atoms with Crippen LogP contribution in [0.3, 0.4) is 0 Å². The smallest absolute Gasteiger partial charge is 0.463 e. The first kappa shape index (κ1) is 22.6. The first-order valence-electron chi connectivity index (χ1n) is 8.19. The van der Waals surface area contributed by atoms with Gasteiger partial charge in [0.15, 0.2) is 24.6 Å². The quantitative estimate of drug-likeness (QED) is 0.438. The Morgan fingerprint density at radius 2 is 1.41 bits per heavy atom. The van der Waals surface area contributed by atoms with Gasteiger partial charge in [0.1, 0.15) is 12.7 Å². The van der Waals surface area contributed by atoms with E-state index in [2.05, 4.69) is 0 Å². The van der Waals surface area contributed by atoms with Gasteiger partial charge in [0, 0.05) is 27.9 Å². The number of esters is 3. The molecule has 5 atom stereocenters. The van der Waals surface area contributed by atoms with Gasteiger partial charge in [-0.15, -0.1) is 0 Å². The summed E-state index contributed by atoms with van der Waals surface area (Å²) in [4.78, 5) is 46.0. The minimum Gasteiger partial charge on any atom is -0.463 e. The molecule has 1 aliphatic rings. The van der Waals surface area contributed by atoms with Crippen LogP contribution < -0.4 is 0 Å². The molecule has 0 unspecified atom stereocenters. The zero-order valence-electron chi connectivity index (χ0n) is 15.8. The Morgan fingerprint density at radius 3 is 1.89 bits per heavy atom. The maximum Gasteiger partial charge on any atom is 0.508 e. The van der Waals surface area contributed by atoms with Gasteiger partial charge in [-0.25, -0.2) is 4.79 Å². The molecule has 0 N–H and O–H groups in total. The number of ether oxygens (including phenoxy) is 7. The van der Waals surface area contributed by atoms with Crippen LogP contribution in [-0.2, 0) is 47.5 Å². The summed E-state index contributed by atoms with van der Waals surface area (Å²) < 4.78 is 36.0. The van der Waals surface area contributed by atoms with Gasteiger partial charge in [-0.05, 0) is 6.92 Å². The molecular weight excluding hydrogens is 368 g/mol. The second-order valence-corrected chi connectivity index (χ2v) is 5.49. The van der Waals surface area contributed by atoms with Crippen molar-refractivity contribution >= 4 is 24.1 Å². The summed E-state index contributed by atoms with van der Waals surface area (Å²) in [6.07, 6.45) is -7.09. The van der Waals surface area contributed by atoms with E-state index in [9.17, 15) is 19.2 Å². The van der Waals surface area contributed by atoms with Crippen molar-refractivity contribution in [2.75, 3.05) is 20.3 Å². The number of methoxy groups -OCH3 is 1. The van der Waals surface area contributed by atoms with Gasteiger partial charge in [-0.3, -0.25) is 14.4 Å². The lowest BCUT2D eigenvalue weighted by atomic mass is 9.98. The second-order valence-electron chi connectivity index (χ2n) is 5.49. The summed E-state index contributed by atoms with van der Waals surface area (Å²) in [6, 6.07) is 0. The van der Waals surface area contributed by atoms with Crippen LogP contribution in [0.2, 0.25) is 0 Å². The maximum atomic E-state index is 11.8. The molecule has 0 saturated carbocycles. The summed E-state index contributed by atoms with van der Waals surface area (Å²) in [7, 11) is 1.27. The molecule has 1 saturated heterocycles. The normalized spacial score (nSPS) is 27.2. The summed E-state index contributed by atoms with van der Waals surface area (Å²) in [5.41, 5.74) is 0. The Labute approximate surface area is 156 Å². The zero-order valence-corrected chi connectivity index (χ0v) is 15.8. The molecule has 0 bridgehead atoms. The van der Waals surface area contributed by atoms with Crippen molar-refractivity contribution in [3.8, 4) is 0 Å². The van der Waals surface area contributed by atoms with E-state index in [1.165, 1.54) is 14.0 Å². The van der Waals surface area contributed by atoms with Crippen LogP contribution in [0.4, 0.5) is 4.79 Å². The van der Waals surface area contributed by atoms with Gasteiger partial charge in [-0.1, -0.05) is 0 Å². The Kier molecular flexibility index (Phi) is 8.95. The lowest BCUT2D eigenvalue weighted by Gasteiger charge is -2.43. The Morgan fingerprint density at radius 1 is 0.815 bits per heavy atom. The van der Waals surface area contributed by atoms with E-state index in [1.807, 2.05) is 0 Å². The Bertz CT molecular complexity index is 546. The molecule has 0 aromatic heterocycles. The average molecular weight is 392 g/mol. The van der Waals surface area contributed by atoms with Crippen molar-refractivity contribution < 1.29 is 52.3 Å². The standard InChI is InChI=1S/C16H24O11/c1-6-22-16(20)27-14-13(25-10(4)19)12(24-9(3)18)11(7-23-8(2)17)26-15(14)21-5/h11-15H,6-7H2,1-5H3/t11-,12-,13+,14-,15-/m1/s1. The zero-order chi connectivity index (χ0) is 20.6. The molecule has 27 heavy (non-hydrogen) atoms. The van der Waals surface area contributed by atoms with Crippen LogP contribution in [0.15, 0.2) is 0 Å². The molecule has 0 radical (unpaired) electrons. The molecule has 0 spiro atoms. The third-order valence-corrected chi connectivity index (χ3v) is 3.37. The molecule has 0 amide bonds. The molecule has 1 heterocycles. The fraction of sp³-hybridized carbons (Fsp3) is 0.750. The van der Waals surface area contributed by atoms with Gasteiger partial charge < -0.3 is 33.2 Å². The molecule has 1 rings (SSSR count). The molecule has 154 valence electrons. The van der Waals surface area contributed by atoms with Crippen molar-refractivity contribution in [3.63, 3.8) is 0 Å². The highest BCUT2D eigenvalue weighted by atomic mass is 16.8. The van der Waals surface area contributed by atoms with Gasteiger partial charge in [0.2, 0.25) is 0 Å². The molecule has 11 nitrogen and oxygen atoms in total. The van der Waals surface area contributed by atoms with Crippen molar-refractivity contribution in [2.24, 2.45) is 0 Å². The predicted octanol–water partition coefficient (Wildman–Crippen LogP) is 0.326. The van der Waals surface area contributed by atoms with E-state index >= 15 is 0 Å². The van der Waals surface area contributed by atoms with E-state index in [0.29, 0.717) is 0 Å². The summed E-state index contributed by atoms with van der Waals surface area (Å²) in [6.45, 7) is 4.77. The van der Waals surface area contributed by atoms with Crippen LogP contribution in [0, 0.1) is 0 Å². The fourth-order valence-electron chi connectivity index (χ4n) is 2.45. The minimum absolute atomic E-state index is 0.0464. The Balaban J connectivity index is 3.18. The molecule has 0 aliphatic carbocycles. The van der Waals surface area contributed by atoms with Crippen LogP contribution >= 0.6 is 0 Å². The Hall–Kier alpha value is -2.40. The molecule has 1 aliphatic heterocycles. The highest BCUT2D eigenvalue weighted by Crippen LogP contribution is 2.29. The van der Waals surface area contributed by atoms with Crippen LogP contribution in [0.5, 0.6) is 0 Å². The van der Waals surface area contributed by atoms with Crippen molar-refractivity contribution in [3.05, 3.63) is 0 Å². The highest BCUT2D eigenvalue weighted by Gasteiger charge is 2.52. The molecule has 0 aromatic rings. The van der Waals surface area contributed by atoms with Gasteiger partial charge in [-0.2, -0.15) is 0 Å². The third kappa shape index (κ3) is 7.02. The average Bonchev–Trinajstić information content (AvgIpc) is 2.56. The largest absolute Gasteiger partial charge is 0.508 e. The van der Waals surface area contributed by atoms with E-state index in [4.69, 9.17) is 33.2 Å². The number of carbonyl (C=O) groups is 4. The first-order valence-corrected chi connectivity index (χ1v) is 8.19. The minimum atomic E-state index is -1.30. The lowest BCUT2D eigenvalue weighted by Crippen LogP contribution is -2.62. The maximum absolute atomic E-state index is 11.8. The van der Waals surface area contributed by atoms with Crippen LogP contribution in [-0.4, -0.2) is 75.1 Å². The van der Waals surface area contributed by atoms with E-state index in [-0.39, 0.29) is 13.2 Å². The number of hydrogen-bond donors (Lipinski definition) is 0. The summed E-state index contributed by atoms with van der Waals surface area (Å²) >= 11 is 0. The summed E-state index contributed by atoms with van der Waals surface area (Å²) in [5, 5.41) is 0. The summed E-state index contributed by atoms with van der Waals surface area (Å²) in [5.74, 6) is -2.03. The van der Waals surface area contributed by atoms with Crippen molar-refractivity contribution in [1.82, 2.24) is 0 Å². The molecule has 0 aromatic carbocycles. The number of rotatable bonds is 7. The number of carbonyl (C=O) groups excluding carboxylic acids is 4. The second kappa shape index (κ2) is 10.7. The van der Waals surface area contributed by atoms with E-state index in [1.54, 1.807) is 6.92 Å². The predicted molar refractivity (Wildman–Crippen MR) is 85.3 cm³/mol. The SMILES string of the molecule is CCOC(=O)O[C@H]1[C@H](OC)O[C@H](COC(C)=O)[C@@H](OC(C)=O)[C@@H]1OC(C)=O. The topological polar surface area (TPSA) is 133 Å². The van der Waals surface area contributed by atoms with E-state index < -0.39 is 54.8 Å². The van der Waals surface area contributed by atoms with Gasteiger partial charge >= 0.3 is 24.1 Å². The molecule has 11 heteroatoms. The van der Waals surface area contributed by atoms with Gasteiger partial charge in [0.25, 0.3) is 0 Å². The van der Waals surface area contributed by atoms with Gasteiger partial charge in [0.05, 0.1) is 6.61 Å². The third-order valence-electron chi connectivity index (χ3n) is 3.37. The fourth-order valence-corrected chi connectivity index (χ4v) is 2.45. The van der Waals surface area contributed by atoms with Crippen molar-refractivity contribution in [1.29, 1.82) is 0 Å². The first-order chi connectivity index (χ1) is 12.7.